The van der Waals surface area contributed by atoms with Crippen LogP contribution in [0.1, 0.15) is 25.0 Å². The summed E-state index contributed by atoms with van der Waals surface area (Å²) in [6.45, 7) is 4.81. The zero-order chi connectivity index (χ0) is 39.2. The minimum absolute atomic E-state index is 0.249. The van der Waals surface area contributed by atoms with Crippen molar-refractivity contribution in [1.29, 1.82) is 0 Å². The van der Waals surface area contributed by atoms with Gasteiger partial charge >= 0.3 is 0 Å². The highest BCUT2D eigenvalue weighted by atomic mass is 15.0. The second-order valence-corrected chi connectivity index (χ2v) is 16.0. The number of hydrogen-bond donors (Lipinski definition) is 0. The molecule has 8 aromatic carbocycles. The third-order valence-electron chi connectivity index (χ3n) is 12.3. The van der Waals surface area contributed by atoms with Gasteiger partial charge in [-0.3, -0.25) is 0 Å². The van der Waals surface area contributed by atoms with Gasteiger partial charge in [0.05, 0.1) is 22.1 Å². The highest BCUT2D eigenvalue weighted by Crippen LogP contribution is 2.58. The fourth-order valence-corrected chi connectivity index (χ4v) is 9.77. The Morgan fingerprint density at radius 2 is 0.831 bits per heavy atom. The average molecular weight is 756 g/mol. The van der Waals surface area contributed by atoms with E-state index in [1.54, 1.807) is 0 Å². The number of benzene rings is 8. The molecule has 0 N–H and O–H groups in total. The Morgan fingerprint density at radius 3 is 1.42 bits per heavy atom. The van der Waals surface area contributed by atoms with Gasteiger partial charge in [0, 0.05) is 60.6 Å². The molecule has 12 rings (SSSR count). The summed E-state index contributed by atoms with van der Waals surface area (Å²) in [4.78, 5) is 15.0. The minimum atomic E-state index is -0.249. The second-order valence-electron chi connectivity index (χ2n) is 16.0. The summed E-state index contributed by atoms with van der Waals surface area (Å²) in [5.41, 5.74) is 15.0. The first-order valence-corrected chi connectivity index (χ1v) is 20.2. The maximum atomic E-state index is 5.04. The van der Waals surface area contributed by atoms with Crippen LogP contribution in [0.25, 0.3) is 100 Å². The van der Waals surface area contributed by atoms with Gasteiger partial charge in [0.15, 0.2) is 17.5 Å². The Balaban J connectivity index is 1.17. The molecule has 0 atom stereocenters. The van der Waals surface area contributed by atoms with Crippen LogP contribution in [0.15, 0.2) is 188 Å². The molecule has 59 heavy (non-hydrogen) atoms. The molecule has 0 fully saturated rings. The maximum absolute atomic E-state index is 5.04. The molecule has 3 heterocycles. The Hall–Kier alpha value is -7.63. The topological polar surface area (TPSA) is 48.5 Å². The van der Waals surface area contributed by atoms with Crippen molar-refractivity contribution in [3.05, 3.63) is 199 Å². The smallest absolute Gasteiger partial charge is 0.164 e. The molecule has 1 aliphatic rings. The zero-order valence-electron chi connectivity index (χ0n) is 32.6. The lowest BCUT2D eigenvalue weighted by molar-refractivity contribution is 0.667. The molecule has 0 spiro atoms. The molecule has 0 aliphatic heterocycles. The molecule has 0 bridgehead atoms. The van der Waals surface area contributed by atoms with Gasteiger partial charge in [-0.2, -0.15) is 0 Å². The number of fused-ring (bicyclic) bond motifs is 12. The van der Waals surface area contributed by atoms with Crippen LogP contribution in [-0.2, 0) is 5.41 Å². The number of nitrogens with zero attached hydrogens (tertiary/aromatic N) is 5. The highest BCUT2D eigenvalue weighted by Gasteiger charge is 2.41. The molecule has 0 unspecified atom stereocenters. The van der Waals surface area contributed by atoms with Crippen molar-refractivity contribution in [2.45, 2.75) is 19.3 Å². The summed E-state index contributed by atoms with van der Waals surface area (Å²) in [5, 5.41) is 5.04. The van der Waals surface area contributed by atoms with Crippen molar-refractivity contribution < 1.29 is 0 Å². The van der Waals surface area contributed by atoms with E-state index in [1.807, 2.05) is 60.7 Å². The number of aromatic nitrogens is 5. The predicted octanol–water partition coefficient (Wildman–Crippen LogP) is 13.4. The molecular formula is C54H37N5. The van der Waals surface area contributed by atoms with E-state index in [9.17, 15) is 0 Å². The lowest BCUT2D eigenvalue weighted by Gasteiger charge is -2.23. The van der Waals surface area contributed by atoms with E-state index in [0.29, 0.717) is 17.5 Å². The Kier molecular flexibility index (Phi) is 7.20. The first-order valence-electron chi connectivity index (χ1n) is 20.2. The van der Waals surface area contributed by atoms with Crippen LogP contribution in [0.2, 0.25) is 0 Å². The van der Waals surface area contributed by atoms with Crippen molar-refractivity contribution >= 4 is 43.6 Å². The standard InChI is InChI=1S/C54H37N5/c1-54(2)42-27-15-12-24-39(42)45-48(54)46-40-25-13-16-28-43(40)59(50(46)47-41-26-14-17-29-44(41)58(49(45)47)37-22-10-5-11-23-37)38-32-30-36(31-33-38)53-56-51(34-18-6-3-7-19-34)55-52(57-53)35-20-8-4-9-21-35/h3-33H,1-2H3. The van der Waals surface area contributed by atoms with Gasteiger partial charge in [-0.25, -0.2) is 15.0 Å². The fourth-order valence-electron chi connectivity index (χ4n) is 9.77. The van der Waals surface area contributed by atoms with Crippen LogP contribution in [0, 0.1) is 0 Å². The second kappa shape index (κ2) is 12.7. The van der Waals surface area contributed by atoms with Gasteiger partial charge in [-0.1, -0.05) is 153 Å². The lowest BCUT2D eigenvalue weighted by atomic mass is 9.80. The predicted molar refractivity (Wildman–Crippen MR) is 242 cm³/mol. The molecule has 1 aliphatic carbocycles. The van der Waals surface area contributed by atoms with Crippen LogP contribution in [0.5, 0.6) is 0 Å². The van der Waals surface area contributed by atoms with Crippen molar-refractivity contribution in [3.8, 4) is 56.7 Å². The van der Waals surface area contributed by atoms with E-state index < -0.39 is 0 Å². The quantitative estimate of drug-likeness (QED) is 0.176. The first-order chi connectivity index (χ1) is 29.1. The van der Waals surface area contributed by atoms with Gasteiger partial charge < -0.3 is 9.13 Å². The van der Waals surface area contributed by atoms with E-state index >= 15 is 0 Å². The summed E-state index contributed by atoms with van der Waals surface area (Å²) in [5.74, 6) is 1.93. The molecule has 0 saturated carbocycles. The van der Waals surface area contributed by atoms with Crippen molar-refractivity contribution in [2.75, 3.05) is 0 Å². The van der Waals surface area contributed by atoms with Gasteiger partial charge in [0.1, 0.15) is 0 Å². The van der Waals surface area contributed by atoms with E-state index in [4.69, 9.17) is 15.0 Å². The fraction of sp³-hybridized carbons (Fsp3) is 0.0556. The van der Waals surface area contributed by atoms with Crippen LogP contribution < -0.4 is 0 Å². The summed E-state index contributed by atoms with van der Waals surface area (Å²) in [6.07, 6.45) is 0. The molecule has 0 amide bonds. The lowest BCUT2D eigenvalue weighted by Crippen LogP contribution is -2.15. The largest absolute Gasteiger partial charge is 0.309 e. The van der Waals surface area contributed by atoms with Gasteiger partial charge in [0.2, 0.25) is 0 Å². The minimum Gasteiger partial charge on any atom is -0.309 e. The third-order valence-corrected chi connectivity index (χ3v) is 12.3. The van der Waals surface area contributed by atoms with Crippen LogP contribution in [-0.4, -0.2) is 24.1 Å². The van der Waals surface area contributed by atoms with E-state index in [2.05, 4.69) is 150 Å². The third kappa shape index (κ3) is 4.88. The summed E-state index contributed by atoms with van der Waals surface area (Å²) < 4.78 is 5.00. The van der Waals surface area contributed by atoms with Crippen molar-refractivity contribution in [2.24, 2.45) is 0 Å². The molecule has 5 heteroatoms. The average Bonchev–Trinajstić information content (AvgIpc) is 3.90. The van der Waals surface area contributed by atoms with E-state index in [-0.39, 0.29) is 5.41 Å². The van der Waals surface area contributed by atoms with Gasteiger partial charge in [-0.05, 0) is 65.2 Å². The summed E-state index contributed by atoms with van der Waals surface area (Å²) in [6, 6.07) is 66.8. The summed E-state index contributed by atoms with van der Waals surface area (Å²) in [7, 11) is 0. The van der Waals surface area contributed by atoms with Crippen LogP contribution in [0.4, 0.5) is 0 Å². The molecule has 278 valence electrons. The number of rotatable bonds is 5. The molecule has 3 aromatic heterocycles. The Labute approximate surface area is 341 Å². The highest BCUT2D eigenvalue weighted by molar-refractivity contribution is 6.31. The summed E-state index contributed by atoms with van der Waals surface area (Å²) >= 11 is 0. The van der Waals surface area contributed by atoms with Gasteiger partial charge in [0.25, 0.3) is 0 Å². The molecule has 5 nitrogen and oxygen atoms in total. The molecule has 0 saturated heterocycles. The maximum Gasteiger partial charge on any atom is 0.164 e. The molecular weight excluding hydrogens is 719 g/mol. The van der Waals surface area contributed by atoms with E-state index in [0.717, 1.165) is 28.1 Å². The number of para-hydroxylation sites is 3. The van der Waals surface area contributed by atoms with Crippen LogP contribution >= 0.6 is 0 Å². The van der Waals surface area contributed by atoms with Crippen LogP contribution in [0.3, 0.4) is 0 Å². The number of hydrogen-bond acceptors (Lipinski definition) is 3. The molecule has 11 aromatic rings. The Morgan fingerprint density at radius 1 is 0.390 bits per heavy atom. The van der Waals surface area contributed by atoms with Crippen molar-refractivity contribution in [1.82, 2.24) is 24.1 Å². The van der Waals surface area contributed by atoms with Gasteiger partial charge in [-0.15, -0.1) is 0 Å². The zero-order valence-corrected chi connectivity index (χ0v) is 32.6. The SMILES string of the molecule is CC1(C)c2ccccc2-c2c1c1c3ccccc3n(-c3ccc(-c4nc(-c5ccccc5)nc(-c5ccccc5)n4)cc3)c1c1c3ccccc3n(-c3ccccc3)c21. The van der Waals surface area contributed by atoms with Crippen molar-refractivity contribution in [3.63, 3.8) is 0 Å². The molecule has 0 radical (unpaired) electrons. The monoisotopic (exact) mass is 755 g/mol. The normalized spacial score (nSPS) is 13.1. The Bertz CT molecular complexity index is 3380. The van der Waals surface area contributed by atoms with E-state index in [1.165, 1.54) is 65.9 Å². The first kappa shape index (κ1) is 33.5.